The molecular formula is C9H8BrN5S. The molecule has 7 heteroatoms. The lowest BCUT2D eigenvalue weighted by Gasteiger charge is -2.02. The molecule has 0 bridgehead atoms. The topological polar surface area (TPSA) is 77.6 Å². The molecule has 16 heavy (non-hydrogen) atoms. The quantitative estimate of drug-likeness (QED) is 0.675. The second kappa shape index (κ2) is 4.75. The third-order valence-corrected chi connectivity index (χ3v) is 3.42. The molecule has 2 rings (SSSR count). The summed E-state index contributed by atoms with van der Waals surface area (Å²) in [5, 5.41) is 1.34. The van der Waals surface area contributed by atoms with Gasteiger partial charge < -0.3 is 5.73 Å². The van der Waals surface area contributed by atoms with Crippen molar-refractivity contribution < 1.29 is 0 Å². The molecule has 5 nitrogen and oxygen atoms in total. The molecule has 0 atom stereocenters. The van der Waals surface area contributed by atoms with Gasteiger partial charge in [-0.05, 0) is 40.7 Å². The minimum atomic E-state index is 0.235. The van der Waals surface area contributed by atoms with E-state index in [0.29, 0.717) is 10.2 Å². The van der Waals surface area contributed by atoms with Crippen LogP contribution in [-0.4, -0.2) is 19.9 Å². The second-order valence-corrected chi connectivity index (χ2v) is 4.77. The van der Waals surface area contributed by atoms with Crippen LogP contribution in [0.25, 0.3) is 0 Å². The minimum absolute atomic E-state index is 0.235. The van der Waals surface area contributed by atoms with E-state index in [-0.39, 0.29) is 5.95 Å². The molecule has 0 spiro atoms. The van der Waals surface area contributed by atoms with Crippen LogP contribution in [0.15, 0.2) is 33.1 Å². The van der Waals surface area contributed by atoms with Gasteiger partial charge in [0.1, 0.15) is 5.03 Å². The summed E-state index contributed by atoms with van der Waals surface area (Å²) >= 11 is 4.69. The van der Waals surface area contributed by atoms with Gasteiger partial charge in [-0.2, -0.15) is 0 Å². The number of aromatic nitrogens is 4. The van der Waals surface area contributed by atoms with Crippen LogP contribution in [0.5, 0.6) is 0 Å². The maximum atomic E-state index is 5.51. The Morgan fingerprint density at radius 2 is 2.12 bits per heavy atom. The molecule has 0 aliphatic rings. The summed E-state index contributed by atoms with van der Waals surface area (Å²) in [6.45, 7) is 1.91. The van der Waals surface area contributed by atoms with Crippen LogP contribution in [0.2, 0.25) is 0 Å². The fourth-order valence-corrected chi connectivity index (χ4v) is 2.20. The van der Waals surface area contributed by atoms with Gasteiger partial charge in [0.05, 0.1) is 4.47 Å². The summed E-state index contributed by atoms with van der Waals surface area (Å²) in [7, 11) is 0. The summed E-state index contributed by atoms with van der Waals surface area (Å²) in [5.74, 6) is 0.235. The summed E-state index contributed by atoms with van der Waals surface area (Å²) in [5.41, 5.74) is 6.43. The fourth-order valence-electron chi connectivity index (χ4n) is 0.997. The van der Waals surface area contributed by atoms with Crippen molar-refractivity contribution in [3.05, 3.63) is 28.6 Å². The van der Waals surface area contributed by atoms with Crippen molar-refractivity contribution in [2.75, 3.05) is 5.73 Å². The van der Waals surface area contributed by atoms with Gasteiger partial charge in [0.15, 0.2) is 5.16 Å². The van der Waals surface area contributed by atoms with Crippen LogP contribution in [-0.2, 0) is 0 Å². The minimum Gasteiger partial charge on any atom is -0.368 e. The molecule has 0 saturated carbocycles. The van der Waals surface area contributed by atoms with E-state index in [0.717, 1.165) is 10.2 Å². The van der Waals surface area contributed by atoms with Gasteiger partial charge in [-0.1, -0.05) is 0 Å². The van der Waals surface area contributed by atoms with E-state index in [2.05, 4.69) is 35.9 Å². The number of nitrogens with zero attached hydrogens (tertiary/aromatic N) is 4. The van der Waals surface area contributed by atoms with Gasteiger partial charge in [-0.15, -0.1) is 0 Å². The first-order chi connectivity index (χ1) is 7.65. The molecule has 0 aliphatic carbocycles. The highest BCUT2D eigenvalue weighted by Crippen LogP contribution is 2.29. The van der Waals surface area contributed by atoms with E-state index in [1.54, 1.807) is 12.4 Å². The highest BCUT2D eigenvalue weighted by Gasteiger charge is 2.07. The molecule has 2 aromatic heterocycles. The van der Waals surface area contributed by atoms with Crippen LogP contribution in [0.4, 0.5) is 5.95 Å². The number of nitrogens with two attached hydrogens (primary N) is 1. The zero-order valence-electron chi connectivity index (χ0n) is 8.38. The molecule has 82 valence electrons. The standard InChI is InChI=1S/C9H8BrN5S/c1-5-2-3-12-9(14-5)16-7-6(10)4-13-8(11)15-7/h2-4H,1H3,(H2,11,13,15). The van der Waals surface area contributed by atoms with Gasteiger partial charge >= 0.3 is 0 Å². The lowest BCUT2D eigenvalue weighted by atomic mass is 10.5. The molecule has 0 aliphatic heterocycles. The summed E-state index contributed by atoms with van der Waals surface area (Å²) in [6, 6.07) is 1.84. The Labute approximate surface area is 105 Å². The van der Waals surface area contributed by atoms with E-state index < -0.39 is 0 Å². The molecule has 2 aromatic rings. The molecule has 0 radical (unpaired) electrons. The van der Waals surface area contributed by atoms with Crippen LogP contribution >= 0.6 is 27.7 Å². The third-order valence-electron chi connectivity index (χ3n) is 1.69. The molecule has 0 amide bonds. The van der Waals surface area contributed by atoms with Crippen molar-refractivity contribution in [3.8, 4) is 0 Å². The zero-order valence-corrected chi connectivity index (χ0v) is 10.8. The van der Waals surface area contributed by atoms with Crippen molar-refractivity contribution in [1.29, 1.82) is 0 Å². The van der Waals surface area contributed by atoms with Gasteiger partial charge in [0, 0.05) is 18.1 Å². The smallest absolute Gasteiger partial charge is 0.221 e. The van der Waals surface area contributed by atoms with Crippen LogP contribution < -0.4 is 5.73 Å². The molecule has 2 N–H and O–H groups in total. The maximum absolute atomic E-state index is 5.51. The van der Waals surface area contributed by atoms with Crippen molar-refractivity contribution in [1.82, 2.24) is 19.9 Å². The average molecular weight is 298 g/mol. The number of hydrogen-bond donors (Lipinski definition) is 1. The summed E-state index contributed by atoms with van der Waals surface area (Å²) < 4.78 is 0.775. The van der Waals surface area contributed by atoms with E-state index in [4.69, 9.17) is 5.73 Å². The number of hydrogen-bond acceptors (Lipinski definition) is 6. The lowest BCUT2D eigenvalue weighted by Crippen LogP contribution is -1.96. The van der Waals surface area contributed by atoms with Crippen LogP contribution in [0.3, 0.4) is 0 Å². The first-order valence-corrected chi connectivity index (χ1v) is 6.01. The van der Waals surface area contributed by atoms with Gasteiger partial charge in [-0.3, -0.25) is 0 Å². The Balaban J connectivity index is 2.30. The predicted molar refractivity (Wildman–Crippen MR) is 65.0 cm³/mol. The van der Waals surface area contributed by atoms with Crippen molar-refractivity contribution in [3.63, 3.8) is 0 Å². The van der Waals surface area contributed by atoms with E-state index in [9.17, 15) is 0 Å². The normalized spacial score (nSPS) is 10.4. The fraction of sp³-hybridized carbons (Fsp3) is 0.111. The average Bonchev–Trinajstić information content (AvgIpc) is 2.24. The van der Waals surface area contributed by atoms with Crippen LogP contribution in [0, 0.1) is 6.92 Å². The van der Waals surface area contributed by atoms with E-state index >= 15 is 0 Å². The van der Waals surface area contributed by atoms with Crippen molar-refractivity contribution in [2.24, 2.45) is 0 Å². The largest absolute Gasteiger partial charge is 0.368 e. The third kappa shape index (κ3) is 2.67. The highest BCUT2D eigenvalue weighted by atomic mass is 79.9. The molecule has 2 heterocycles. The number of aryl methyl sites for hydroxylation is 1. The number of anilines is 1. The number of rotatable bonds is 2. The molecule has 0 unspecified atom stereocenters. The van der Waals surface area contributed by atoms with Crippen molar-refractivity contribution in [2.45, 2.75) is 17.1 Å². The second-order valence-electron chi connectivity index (χ2n) is 2.96. The van der Waals surface area contributed by atoms with Gasteiger partial charge in [0.2, 0.25) is 5.95 Å². The van der Waals surface area contributed by atoms with E-state index in [1.165, 1.54) is 11.8 Å². The number of halogens is 1. The summed E-state index contributed by atoms with van der Waals surface area (Å²) in [6.07, 6.45) is 3.32. The molecule has 0 saturated heterocycles. The zero-order chi connectivity index (χ0) is 11.5. The summed E-state index contributed by atoms with van der Waals surface area (Å²) in [4.78, 5) is 16.4. The molecular weight excluding hydrogens is 290 g/mol. The Hall–Kier alpha value is -1.21. The Morgan fingerprint density at radius 3 is 2.88 bits per heavy atom. The van der Waals surface area contributed by atoms with Crippen LogP contribution in [0.1, 0.15) is 5.69 Å². The molecule has 0 fully saturated rings. The Bertz CT molecular complexity index is 519. The highest BCUT2D eigenvalue weighted by molar-refractivity contribution is 9.10. The van der Waals surface area contributed by atoms with Crippen molar-refractivity contribution >= 4 is 33.6 Å². The predicted octanol–water partition coefficient (Wildman–Crippen LogP) is 2.07. The number of nitrogen functional groups attached to an aromatic ring is 1. The first kappa shape index (κ1) is 11.3. The van der Waals surface area contributed by atoms with Gasteiger partial charge in [-0.25, -0.2) is 19.9 Å². The Kier molecular flexibility index (Phi) is 3.35. The monoisotopic (exact) mass is 297 g/mol. The van der Waals surface area contributed by atoms with E-state index in [1.807, 2.05) is 13.0 Å². The maximum Gasteiger partial charge on any atom is 0.221 e. The Morgan fingerprint density at radius 1 is 1.31 bits per heavy atom. The lowest BCUT2D eigenvalue weighted by molar-refractivity contribution is 0.924. The first-order valence-electron chi connectivity index (χ1n) is 4.40. The SMILES string of the molecule is Cc1ccnc(Sc2nc(N)ncc2Br)n1. The van der Waals surface area contributed by atoms with Gasteiger partial charge in [0.25, 0.3) is 0 Å². The molecule has 0 aromatic carbocycles.